The van der Waals surface area contributed by atoms with Crippen LogP contribution in [0.1, 0.15) is 290 Å². The van der Waals surface area contributed by atoms with Crippen LogP contribution in [-0.4, -0.2) is 37.2 Å². The third kappa shape index (κ3) is 59.1. The highest BCUT2D eigenvalue weighted by Gasteiger charge is 2.19. The largest absolute Gasteiger partial charge is 0.462 e. The van der Waals surface area contributed by atoms with Crippen molar-refractivity contribution in [3.05, 3.63) is 97.2 Å². The van der Waals surface area contributed by atoms with Gasteiger partial charge in [0.2, 0.25) is 0 Å². The number of unbranched alkanes of at least 4 members (excludes halogenated alkanes) is 28. The molecule has 0 aliphatic carbocycles. The molecule has 6 heteroatoms. The van der Waals surface area contributed by atoms with Gasteiger partial charge in [0, 0.05) is 19.3 Å². The molecule has 0 fully saturated rings. The fraction of sp³-hybridized carbons (Fsp3) is 0.716. The predicted molar refractivity (Wildman–Crippen MR) is 316 cm³/mol. The molecule has 0 aromatic carbocycles. The Bertz CT molecular complexity index is 1440. The molecule has 418 valence electrons. The second kappa shape index (κ2) is 60.9. The molecule has 0 saturated carbocycles. The lowest BCUT2D eigenvalue weighted by atomic mass is 10.1. The lowest BCUT2D eigenvalue weighted by molar-refractivity contribution is -0.167. The molecular formula is C67H114O6. The molecule has 73 heavy (non-hydrogen) atoms. The van der Waals surface area contributed by atoms with Crippen molar-refractivity contribution in [2.75, 3.05) is 13.2 Å². The number of esters is 3. The third-order valence-corrected chi connectivity index (χ3v) is 13.0. The lowest BCUT2D eigenvalue weighted by Gasteiger charge is -2.18. The molecule has 0 N–H and O–H groups in total. The van der Waals surface area contributed by atoms with Crippen LogP contribution in [0.25, 0.3) is 0 Å². The summed E-state index contributed by atoms with van der Waals surface area (Å²) in [5, 5.41) is 0. The van der Waals surface area contributed by atoms with Gasteiger partial charge in [-0.05, 0) is 122 Å². The van der Waals surface area contributed by atoms with Gasteiger partial charge in [-0.25, -0.2) is 0 Å². The molecule has 0 saturated heterocycles. The molecule has 1 unspecified atom stereocenters. The maximum atomic E-state index is 12.9. The van der Waals surface area contributed by atoms with Crippen LogP contribution in [0.15, 0.2) is 97.2 Å². The fourth-order valence-corrected chi connectivity index (χ4v) is 8.44. The van der Waals surface area contributed by atoms with Crippen LogP contribution in [-0.2, 0) is 28.6 Å². The van der Waals surface area contributed by atoms with Gasteiger partial charge in [-0.1, -0.05) is 246 Å². The first kappa shape index (κ1) is 69.3. The van der Waals surface area contributed by atoms with E-state index in [0.29, 0.717) is 19.3 Å². The second-order valence-corrected chi connectivity index (χ2v) is 20.2. The number of hydrogen-bond acceptors (Lipinski definition) is 6. The summed E-state index contributed by atoms with van der Waals surface area (Å²) in [5.74, 6) is -0.914. The molecule has 0 aliphatic rings. The molecule has 0 spiro atoms. The maximum Gasteiger partial charge on any atom is 0.306 e. The van der Waals surface area contributed by atoms with E-state index in [2.05, 4.69) is 118 Å². The molecule has 0 heterocycles. The van der Waals surface area contributed by atoms with Crippen molar-refractivity contribution in [1.82, 2.24) is 0 Å². The van der Waals surface area contributed by atoms with Gasteiger partial charge in [-0.2, -0.15) is 0 Å². The Balaban J connectivity index is 4.45. The predicted octanol–water partition coefficient (Wildman–Crippen LogP) is 20.9. The molecule has 0 aromatic heterocycles. The highest BCUT2D eigenvalue weighted by Crippen LogP contribution is 2.15. The van der Waals surface area contributed by atoms with E-state index in [0.717, 1.165) is 122 Å². The third-order valence-electron chi connectivity index (χ3n) is 13.0. The first-order valence-electron chi connectivity index (χ1n) is 30.7. The maximum absolute atomic E-state index is 12.9. The van der Waals surface area contributed by atoms with Crippen molar-refractivity contribution < 1.29 is 28.6 Å². The van der Waals surface area contributed by atoms with Crippen LogP contribution in [0.3, 0.4) is 0 Å². The van der Waals surface area contributed by atoms with Crippen molar-refractivity contribution in [2.45, 2.75) is 297 Å². The Morgan fingerprint density at radius 3 is 0.877 bits per heavy atom. The molecule has 0 bridgehead atoms. The van der Waals surface area contributed by atoms with Crippen molar-refractivity contribution in [2.24, 2.45) is 0 Å². The van der Waals surface area contributed by atoms with E-state index in [1.165, 1.54) is 128 Å². The van der Waals surface area contributed by atoms with Gasteiger partial charge in [0.1, 0.15) is 13.2 Å². The zero-order valence-electron chi connectivity index (χ0n) is 47.9. The Morgan fingerprint density at radius 2 is 0.534 bits per heavy atom. The van der Waals surface area contributed by atoms with Gasteiger partial charge in [0.05, 0.1) is 0 Å². The Morgan fingerprint density at radius 1 is 0.288 bits per heavy atom. The quantitative estimate of drug-likeness (QED) is 0.0261. The van der Waals surface area contributed by atoms with Crippen molar-refractivity contribution >= 4 is 17.9 Å². The number of hydrogen-bond donors (Lipinski definition) is 0. The van der Waals surface area contributed by atoms with Crippen LogP contribution in [0, 0.1) is 0 Å². The minimum Gasteiger partial charge on any atom is -0.462 e. The summed E-state index contributed by atoms with van der Waals surface area (Å²) in [4.78, 5) is 38.3. The minimum absolute atomic E-state index is 0.0898. The highest BCUT2D eigenvalue weighted by molar-refractivity contribution is 5.71. The van der Waals surface area contributed by atoms with E-state index in [-0.39, 0.29) is 31.1 Å². The van der Waals surface area contributed by atoms with Crippen molar-refractivity contribution in [1.29, 1.82) is 0 Å². The van der Waals surface area contributed by atoms with Crippen LogP contribution in [0.4, 0.5) is 0 Å². The average Bonchev–Trinajstić information content (AvgIpc) is 3.39. The van der Waals surface area contributed by atoms with E-state index in [1.807, 2.05) is 0 Å². The summed E-state index contributed by atoms with van der Waals surface area (Å²) in [7, 11) is 0. The van der Waals surface area contributed by atoms with E-state index in [9.17, 15) is 14.4 Å². The lowest BCUT2D eigenvalue weighted by Crippen LogP contribution is -2.30. The Kier molecular flexibility index (Phi) is 57.8. The van der Waals surface area contributed by atoms with E-state index in [4.69, 9.17) is 14.2 Å². The van der Waals surface area contributed by atoms with Gasteiger partial charge in [0.25, 0.3) is 0 Å². The van der Waals surface area contributed by atoms with E-state index in [1.54, 1.807) is 0 Å². The molecule has 0 amide bonds. The summed E-state index contributed by atoms with van der Waals surface area (Å²) < 4.78 is 16.9. The number of carbonyl (C=O) groups excluding carboxylic acids is 3. The summed E-state index contributed by atoms with van der Waals surface area (Å²) in [6, 6.07) is 0. The highest BCUT2D eigenvalue weighted by atomic mass is 16.6. The number of rotatable bonds is 55. The van der Waals surface area contributed by atoms with E-state index < -0.39 is 6.10 Å². The zero-order valence-corrected chi connectivity index (χ0v) is 47.9. The monoisotopic (exact) mass is 1010 g/mol. The average molecular weight is 1020 g/mol. The van der Waals surface area contributed by atoms with Crippen molar-refractivity contribution in [3.8, 4) is 0 Å². The molecule has 0 aromatic rings. The molecule has 0 rings (SSSR count). The van der Waals surface area contributed by atoms with Crippen LogP contribution < -0.4 is 0 Å². The Labute approximate surface area is 451 Å². The van der Waals surface area contributed by atoms with Crippen LogP contribution >= 0.6 is 0 Å². The summed E-state index contributed by atoms with van der Waals surface area (Å²) in [5.41, 5.74) is 0. The van der Waals surface area contributed by atoms with Crippen LogP contribution in [0.5, 0.6) is 0 Å². The summed E-state index contributed by atoms with van der Waals surface area (Å²) in [6.07, 6.45) is 81.1. The van der Waals surface area contributed by atoms with Gasteiger partial charge in [0.15, 0.2) is 6.10 Å². The standard InChI is InChI=1S/C67H114O6/c1-4-7-10-13-16-19-22-25-28-31-33-36-39-42-45-48-51-54-57-60-66(69)72-63-64(62-71-65(68)59-56-53-50-47-44-41-38-35-30-27-24-21-18-15-12-9-6-3)73-67(70)61-58-55-52-49-46-43-40-37-34-32-29-26-23-20-17-14-11-8-5-2/h7,10,16-17,19-20,25-30,33-34,36-37,64H,4-6,8-9,11-15,18,21-24,31-32,35,38-63H2,1-3H3/b10-7-,19-16-,20-17-,28-25-,29-26-,30-27-,36-33-,37-34-. The second-order valence-electron chi connectivity index (χ2n) is 20.2. The summed E-state index contributed by atoms with van der Waals surface area (Å²) in [6.45, 7) is 6.49. The smallest absolute Gasteiger partial charge is 0.306 e. The molecule has 0 aliphatic heterocycles. The van der Waals surface area contributed by atoms with Gasteiger partial charge >= 0.3 is 17.9 Å². The minimum atomic E-state index is -0.795. The Hall–Kier alpha value is -3.67. The molecule has 6 nitrogen and oxygen atoms in total. The molecule has 0 radical (unpaired) electrons. The summed E-state index contributed by atoms with van der Waals surface area (Å²) >= 11 is 0. The van der Waals surface area contributed by atoms with Gasteiger partial charge < -0.3 is 14.2 Å². The topological polar surface area (TPSA) is 78.9 Å². The van der Waals surface area contributed by atoms with Crippen molar-refractivity contribution in [3.63, 3.8) is 0 Å². The SMILES string of the molecule is CC/C=C\C/C=C\C/C=C\C/C=C\CCCCCCCCC(=O)OCC(COC(=O)CCCCCCCCC/C=C\CCCCCCCC)OC(=O)CCCCCCCC/C=C\C/C=C\C/C=C\CCCCC. The molecular weight excluding hydrogens is 901 g/mol. The first-order chi connectivity index (χ1) is 36.0. The number of ether oxygens (including phenoxy) is 3. The molecule has 1 atom stereocenters. The van der Waals surface area contributed by atoms with Gasteiger partial charge in [-0.3, -0.25) is 14.4 Å². The normalized spacial score (nSPS) is 12.8. The first-order valence-corrected chi connectivity index (χ1v) is 30.7. The fourth-order valence-electron chi connectivity index (χ4n) is 8.44. The number of carbonyl (C=O) groups is 3. The zero-order chi connectivity index (χ0) is 52.9. The van der Waals surface area contributed by atoms with Gasteiger partial charge in [-0.15, -0.1) is 0 Å². The van der Waals surface area contributed by atoms with E-state index >= 15 is 0 Å². The number of allylic oxidation sites excluding steroid dienone is 16. The van der Waals surface area contributed by atoms with Crippen LogP contribution in [0.2, 0.25) is 0 Å².